The van der Waals surface area contributed by atoms with Crippen molar-refractivity contribution in [1.82, 2.24) is 19.7 Å². The molecule has 7 heteroatoms. The summed E-state index contributed by atoms with van der Waals surface area (Å²) in [6.07, 6.45) is 3.26. The van der Waals surface area contributed by atoms with Crippen LogP contribution in [-0.4, -0.2) is 44.0 Å². The molecule has 0 bridgehead atoms. The van der Waals surface area contributed by atoms with Crippen LogP contribution in [0.4, 0.5) is 5.95 Å². The Morgan fingerprint density at radius 3 is 2.76 bits per heavy atom. The molecule has 5 rings (SSSR count). The van der Waals surface area contributed by atoms with Gasteiger partial charge in [-0.3, -0.25) is 0 Å². The molecule has 4 atom stereocenters. The zero-order chi connectivity index (χ0) is 17.0. The van der Waals surface area contributed by atoms with E-state index in [0.717, 1.165) is 37.0 Å². The number of fused-ring (bicyclic) bond motifs is 2. The Balaban J connectivity index is 1.40. The molecule has 1 aliphatic carbocycles. The number of anilines is 1. The van der Waals surface area contributed by atoms with Crippen LogP contribution in [-0.2, 0) is 0 Å². The van der Waals surface area contributed by atoms with Gasteiger partial charge in [-0.1, -0.05) is 12.1 Å². The van der Waals surface area contributed by atoms with Crippen LogP contribution < -0.4 is 4.90 Å². The lowest BCUT2D eigenvalue weighted by atomic mass is 9.77. The average Bonchev–Trinajstić information content (AvgIpc) is 3.31. The normalized spacial score (nSPS) is 29.3. The number of hydrogen-bond acceptors (Lipinski definition) is 6. The summed E-state index contributed by atoms with van der Waals surface area (Å²) in [6.45, 7) is 3.61. The fourth-order valence-electron chi connectivity index (χ4n) is 4.53. The van der Waals surface area contributed by atoms with E-state index in [4.69, 9.17) is 4.52 Å². The minimum absolute atomic E-state index is 0.0700. The van der Waals surface area contributed by atoms with Crippen LogP contribution in [0.2, 0.25) is 0 Å². The minimum atomic E-state index is -0.356. The molecule has 3 heterocycles. The van der Waals surface area contributed by atoms with Gasteiger partial charge in [-0.15, -0.1) is 0 Å². The number of aryl methyl sites for hydroxylation is 1. The molecule has 2 aliphatic rings. The molecule has 3 aromatic rings. The van der Waals surface area contributed by atoms with Crippen molar-refractivity contribution in [2.45, 2.75) is 31.9 Å². The molecule has 1 aliphatic heterocycles. The van der Waals surface area contributed by atoms with Gasteiger partial charge in [0.2, 0.25) is 5.89 Å². The van der Waals surface area contributed by atoms with Gasteiger partial charge in [0.1, 0.15) is 0 Å². The third kappa shape index (κ3) is 2.41. The van der Waals surface area contributed by atoms with Crippen LogP contribution in [0.1, 0.15) is 24.8 Å². The maximum atomic E-state index is 10.8. The van der Waals surface area contributed by atoms with E-state index in [1.807, 2.05) is 31.5 Å². The Morgan fingerprint density at radius 2 is 1.96 bits per heavy atom. The molecule has 130 valence electrons. The highest BCUT2D eigenvalue weighted by Crippen LogP contribution is 2.42. The number of aliphatic hydroxyl groups is 1. The van der Waals surface area contributed by atoms with Crippen molar-refractivity contribution >= 4 is 17.0 Å². The van der Waals surface area contributed by atoms with Gasteiger partial charge >= 0.3 is 0 Å². The van der Waals surface area contributed by atoms with Crippen molar-refractivity contribution in [3.8, 4) is 0 Å². The topological polar surface area (TPSA) is 80.2 Å². The predicted molar refractivity (Wildman–Crippen MR) is 92.2 cm³/mol. The van der Waals surface area contributed by atoms with Crippen LogP contribution >= 0.6 is 0 Å². The molecular weight excluding hydrogens is 318 g/mol. The fraction of sp³-hybridized carbons (Fsp3) is 0.500. The van der Waals surface area contributed by atoms with Crippen molar-refractivity contribution < 1.29 is 9.63 Å². The molecule has 1 aromatic carbocycles. The van der Waals surface area contributed by atoms with E-state index in [1.54, 1.807) is 0 Å². The fourth-order valence-corrected chi connectivity index (χ4v) is 4.53. The first kappa shape index (κ1) is 14.9. The lowest BCUT2D eigenvalue weighted by Gasteiger charge is -2.36. The summed E-state index contributed by atoms with van der Waals surface area (Å²) in [4.78, 5) is 11.0. The number of aromatic nitrogens is 4. The Hall–Kier alpha value is -2.41. The SMILES string of the molecule is Cc1nc(N2C[C@H]3C[C@@H](n4cnc5ccccc54)[C@H](O)C[C@H]3C2)no1. The van der Waals surface area contributed by atoms with E-state index in [9.17, 15) is 5.11 Å². The highest BCUT2D eigenvalue weighted by Gasteiger charge is 2.43. The summed E-state index contributed by atoms with van der Waals surface area (Å²) in [6, 6.07) is 8.17. The van der Waals surface area contributed by atoms with Crippen LogP contribution in [0.25, 0.3) is 11.0 Å². The summed E-state index contributed by atoms with van der Waals surface area (Å²) >= 11 is 0. The molecule has 0 amide bonds. The van der Waals surface area contributed by atoms with E-state index in [2.05, 4.69) is 30.7 Å². The predicted octanol–water partition coefficient (Wildman–Crippen LogP) is 2.18. The quantitative estimate of drug-likeness (QED) is 0.771. The van der Waals surface area contributed by atoms with Crippen LogP contribution in [0.3, 0.4) is 0 Å². The molecule has 1 N–H and O–H groups in total. The van der Waals surface area contributed by atoms with Gasteiger partial charge in [0.05, 0.1) is 29.5 Å². The third-order valence-corrected chi connectivity index (χ3v) is 5.75. The second kappa shape index (κ2) is 5.56. The van der Waals surface area contributed by atoms with Gasteiger partial charge in [0, 0.05) is 20.0 Å². The number of para-hydroxylation sites is 2. The molecule has 0 unspecified atom stereocenters. The first-order chi connectivity index (χ1) is 12.2. The number of hydrogen-bond donors (Lipinski definition) is 1. The number of aliphatic hydroxyl groups excluding tert-OH is 1. The molecule has 7 nitrogen and oxygen atoms in total. The summed E-state index contributed by atoms with van der Waals surface area (Å²) < 4.78 is 7.27. The number of rotatable bonds is 2. The van der Waals surface area contributed by atoms with Crippen molar-refractivity contribution in [3.05, 3.63) is 36.5 Å². The van der Waals surface area contributed by atoms with Crippen molar-refractivity contribution in [2.24, 2.45) is 11.8 Å². The molecule has 25 heavy (non-hydrogen) atoms. The smallest absolute Gasteiger partial charge is 0.266 e. The summed E-state index contributed by atoms with van der Waals surface area (Å²) in [5.41, 5.74) is 2.07. The maximum Gasteiger partial charge on any atom is 0.266 e. The van der Waals surface area contributed by atoms with Crippen molar-refractivity contribution in [2.75, 3.05) is 18.0 Å². The molecule has 0 spiro atoms. The summed E-state index contributed by atoms with van der Waals surface area (Å²) in [5, 5.41) is 14.8. The number of nitrogens with zero attached hydrogens (tertiary/aromatic N) is 5. The largest absolute Gasteiger partial charge is 0.391 e. The second-order valence-electron chi connectivity index (χ2n) is 7.29. The van der Waals surface area contributed by atoms with Gasteiger partial charge in [0.25, 0.3) is 5.95 Å². The van der Waals surface area contributed by atoms with Crippen molar-refractivity contribution in [3.63, 3.8) is 0 Å². The highest BCUT2D eigenvalue weighted by atomic mass is 16.5. The maximum absolute atomic E-state index is 10.8. The van der Waals surface area contributed by atoms with E-state index >= 15 is 0 Å². The van der Waals surface area contributed by atoms with Gasteiger partial charge in [-0.05, 0) is 42.0 Å². The first-order valence-corrected chi connectivity index (χ1v) is 8.84. The van der Waals surface area contributed by atoms with Gasteiger partial charge in [-0.25, -0.2) is 4.98 Å². The highest BCUT2D eigenvalue weighted by molar-refractivity contribution is 5.75. The monoisotopic (exact) mass is 339 g/mol. The van der Waals surface area contributed by atoms with Crippen molar-refractivity contribution in [1.29, 1.82) is 0 Å². The van der Waals surface area contributed by atoms with E-state index < -0.39 is 0 Å². The Bertz CT molecular complexity index is 904. The standard InChI is InChI=1S/C18H21N5O2/c1-11-20-18(21-25-11)22-8-12-6-16(17(24)7-13(12)9-22)23-10-19-14-4-2-3-5-15(14)23/h2-5,10,12-13,16-17,24H,6-9H2,1H3/t12-,13+,16-,17-/m1/s1. The van der Waals surface area contributed by atoms with E-state index in [1.165, 1.54) is 0 Å². The number of imidazole rings is 1. The van der Waals surface area contributed by atoms with Crippen LogP contribution in [0.5, 0.6) is 0 Å². The van der Waals surface area contributed by atoms with Gasteiger partial charge in [-0.2, -0.15) is 4.98 Å². The molecule has 1 saturated heterocycles. The number of benzene rings is 1. The molecule has 1 saturated carbocycles. The lowest BCUT2D eigenvalue weighted by molar-refractivity contribution is 0.0375. The molecule has 0 radical (unpaired) electrons. The van der Waals surface area contributed by atoms with Crippen LogP contribution in [0, 0.1) is 18.8 Å². The van der Waals surface area contributed by atoms with E-state index in [-0.39, 0.29) is 12.1 Å². The zero-order valence-electron chi connectivity index (χ0n) is 14.1. The summed E-state index contributed by atoms with van der Waals surface area (Å²) in [7, 11) is 0. The summed E-state index contributed by atoms with van der Waals surface area (Å²) in [5.74, 6) is 2.26. The Labute approximate surface area is 145 Å². The second-order valence-corrected chi connectivity index (χ2v) is 7.29. The van der Waals surface area contributed by atoms with Gasteiger partial charge < -0.3 is 19.1 Å². The van der Waals surface area contributed by atoms with E-state index in [0.29, 0.717) is 23.7 Å². The Morgan fingerprint density at radius 1 is 1.16 bits per heavy atom. The van der Waals surface area contributed by atoms with Gasteiger partial charge in [0.15, 0.2) is 0 Å². The minimum Gasteiger partial charge on any atom is -0.391 e. The molecular formula is C18H21N5O2. The lowest BCUT2D eigenvalue weighted by Crippen LogP contribution is -2.36. The average molecular weight is 339 g/mol. The van der Waals surface area contributed by atoms with Crippen LogP contribution in [0.15, 0.2) is 35.1 Å². The molecule has 2 aromatic heterocycles. The first-order valence-electron chi connectivity index (χ1n) is 8.84. The third-order valence-electron chi connectivity index (χ3n) is 5.75. The molecule has 2 fully saturated rings. The zero-order valence-corrected chi connectivity index (χ0v) is 14.1. The Kier molecular flexibility index (Phi) is 3.31.